The van der Waals surface area contributed by atoms with Crippen LogP contribution in [0.25, 0.3) is 0 Å². The maximum Gasteiger partial charge on any atom is 0.332 e. The van der Waals surface area contributed by atoms with Gasteiger partial charge in [-0.05, 0) is 89.5 Å². The molecular weight excluding hydrogens is 730 g/mol. The number of amides is 1. The number of carbonyl (C=O) groups is 6. The first-order chi connectivity index (χ1) is 25.6. The van der Waals surface area contributed by atoms with Crippen LogP contribution in [-0.4, -0.2) is 172 Å². The summed E-state index contributed by atoms with van der Waals surface area (Å²) in [6.45, 7) is 23.6. The number of carbonyl (C=O) groups excluding carboxylic acids is 6. The third kappa shape index (κ3) is 20.2. The van der Waals surface area contributed by atoms with E-state index >= 15 is 0 Å². The summed E-state index contributed by atoms with van der Waals surface area (Å²) in [7, 11) is 0. The molecule has 0 bridgehead atoms. The summed E-state index contributed by atoms with van der Waals surface area (Å²) in [5.74, 6) is -3.19. The monoisotopic (exact) mass is 799 g/mol. The molecular formula is C39H69N5O12. The Kier molecular flexibility index (Phi) is 18.2. The van der Waals surface area contributed by atoms with E-state index in [-0.39, 0.29) is 71.5 Å². The molecule has 2 saturated heterocycles. The number of hydroxylamine groups is 2. The summed E-state index contributed by atoms with van der Waals surface area (Å²) >= 11 is 0. The molecule has 2 heterocycles. The highest BCUT2D eigenvalue weighted by Gasteiger charge is 2.36. The average Bonchev–Trinajstić information content (AvgIpc) is 3.30. The number of hydrogen-bond donors (Lipinski definition) is 1. The van der Waals surface area contributed by atoms with Gasteiger partial charge in [-0.15, -0.1) is 5.06 Å². The number of esters is 4. The van der Waals surface area contributed by atoms with Crippen LogP contribution in [0, 0.1) is 0 Å². The Morgan fingerprint density at radius 2 is 0.946 bits per heavy atom. The Labute approximate surface area is 333 Å². The van der Waals surface area contributed by atoms with Gasteiger partial charge in [0.2, 0.25) is 0 Å². The van der Waals surface area contributed by atoms with Gasteiger partial charge in [0.25, 0.3) is 5.91 Å². The number of aliphatic hydroxyl groups excluding tert-OH is 1. The van der Waals surface area contributed by atoms with Gasteiger partial charge in [0.15, 0.2) is 6.23 Å². The first kappa shape index (κ1) is 48.8. The Balaban J connectivity index is 2.49. The van der Waals surface area contributed by atoms with Crippen molar-refractivity contribution in [3.05, 3.63) is 0 Å². The summed E-state index contributed by atoms with van der Waals surface area (Å²) in [6.07, 6.45) is -1.39. The molecule has 0 saturated carbocycles. The van der Waals surface area contributed by atoms with Gasteiger partial charge in [0.05, 0.1) is 26.1 Å². The molecule has 1 amide bonds. The zero-order valence-corrected chi connectivity index (χ0v) is 35.9. The van der Waals surface area contributed by atoms with Crippen LogP contribution in [-0.2, 0) is 52.6 Å². The second-order valence-corrected chi connectivity index (χ2v) is 18.4. The molecule has 0 aromatic carbocycles. The van der Waals surface area contributed by atoms with Gasteiger partial charge >= 0.3 is 29.8 Å². The van der Waals surface area contributed by atoms with E-state index in [0.29, 0.717) is 31.2 Å². The SMILES string of the molecule is CC(C)(C)OC(=O)CN1CCN(CC(=O)OC(C)(C)C)CCN([C@H](CCC(=O)ON2C(=O)CCC2O)C(=O)OC(C)(C)C)CCN(CC(=O)OC(C)(C)C)CC1. The maximum atomic E-state index is 13.9. The molecule has 0 radical (unpaired) electrons. The second-order valence-electron chi connectivity index (χ2n) is 18.4. The molecule has 56 heavy (non-hydrogen) atoms. The topological polar surface area (TPSA) is 185 Å². The lowest BCUT2D eigenvalue weighted by Gasteiger charge is -2.37. The largest absolute Gasteiger partial charge is 0.459 e. The molecule has 1 N–H and O–H groups in total. The molecule has 17 nitrogen and oxygen atoms in total. The van der Waals surface area contributed by atoms with Gasteiger partial charge in [-0.2, -0.15) is 0 Å². The van der Waals surface area contributed by atoms with Crippen molar-refractivity contribution >= 4 is 35.8 Å². The van der Waals surface area contributed by atoms with Crippen LogP contribution in [0.2, 0.25) is 0 Å². The van der Waals surface area contributed by atoms with Gasteiger partial charge < -0.3 is 28.9 Å². The maximum absolute atomic E-state index is 13.9. The summed E-state index contributed by atoms with van der Waals surface area (Å²) < 4.78 is 22.7. The lowest BCUT2D eigenvalue weighted by molar-refractivity contribution is -0.220. The van der Waals surface area contributed by atoms with Crippen molar-refractivity contribution in [2.24, 2.45) is 0 Å². The molecule has 2 aliphatic heterocycles. The smallest absolute Gasteiger partial charge is 0.332 e. The Morgan fingerprint density at radius 1 is 0.589 bits per heavy atom. The fourth-order valence-corrected chi connectivity index (χ4v) is 5.99. The van der Waals surface area contributed by atoms with E-state index in [2.05, 4.69) is 0 Å². The van der Waals surface area contributed by atoms with Gasteiger partial charge in [0, 0.05) is 65.2 Å². The van der Waals surface area contributed by atoms with Gasteiger partial charge in [-0.25, -0.2) is 4.79 Å². The summed E-state index contributed by atoms with van der Waals surface area (Å²) in [5, 5.41) is 10.8. The summed E-state index contributed by atoms with van der Waals surface area (Å²) in [5.41, 5.74) is -2.99. The molecule has 2 rings (SSSR count). The van der Waals surface area contributed by atoms with E-state index in [9.17, 15) is 33.9 Å². The minimum Gasteiger partial charge on any atom is -0.459 e. The third-order valence-electron chi connectivity index (χ3n) is 8.26. The number of hydrogen-bond acceptors (Lipinski definition) is 16. The van der Waals surface area contributed by atoms with E-state index in [1.165, 1.54) is 0 Å². The first-order valence-corrected chi connectivity index (χ1v) is 19.6. The van der Waals surface area contributed by atoms with E-state index < -0.39 is 70.4 Å². The Bertz CT molecular complexity index is 1300. The minimum atomic E-state index is -1.24. The first-order valence-electron chi connectivity index (χ1n) is 19.6. The van der Waals surface area contributed by atoms with Crippen LogP contribution < -0.4 is 0 Å². The van der Waals surface area contributed by atoms with E-state index in [0.717, 1.165) is 0 Å². The normalized spacial score (nSPS) is 20.1. The van der Waals surface area contributed by atoms with Gasteiger partial charge in [-0.1, -0.05) is 0 Å². The molecule has 2 atom stereocenters. The number of rotatable bonds is 12. The van der Waals surface area contributed by atoms with E-state index in [1.54, 1.807) is 83.1 Å². The summed E-state index contributed by atoms with van der Waals surface area (Å²) in [6, 6.07) is -0.973. The van der Waals surface area contributed by atoms with Crippen LogP contribution >= 0.6 is 0 Å². The number of ether oxygens (including phenoxy) is 4. The fraction of sp³-hybridized carbons (Fsp3) is 0.846. The highest BCUT2D eigenvalue weighted by atomic mass is 16.7. The Morgan fingerprint density at radius 3 is 1.27 bits per heavy atom. The van der Waals surface area contributed by atoms with Crippen molar-refractivity contribution in [1.29, 1.82) is 0 Å². The number of nitrogens with zero attached hydrogens (tertiary/aromatic N) is 5. The standard InChI is InChI=1S/C39H69N5O12/c1-36(2,3)52-32(48)25-40-17-19-41(26-33(49)53-37(4,5)6)21-23-43(24-22-42(20-18-40)27-34(50)54-38(7,8)9)28(35(51)55-39(10,11)12)13-16-31(47)56-44-29(45)14-15-30(44)46/h28-29,45H,13-27H2,1-12H3/t28-,29?/m1/s1. The van der Waals surface area contributed by atoms with Crippen molar-refractivity contribution in [1.82, 2.24) is 24.7 Å². The molecule has 322 valence electrons. The minimum absolute atomic E-state index is 0.0131. The van der Waals surface area contributed by atoms with Crippen molar-refractivity contribution < 1.29 is 57.7 Å². The highest BCUT2D eigenvalue weighted by Crippen LogP contribution is 2.20. The lowest BCUT2D eigenvalue weighted by Crippen LogP contribution is -2.53. The molecule has 0 spiro atoms. The molecule has 2 aliphatic rings. The molecule has 0 aromatic heterocycles. The van der Waals surface area contributed by atoms with Crippen LogP contribution in [0.4, 0.5) is 0 Å². The number of aliphatic hydroxyl groups is 1. The Hall–Kier alpha value is -3.38. The van der Waals surface area contributed by atoms with Crippen LogP contribution in [0.3, 0.4) is 0 Å². The molecule has 1 unspecified atom stereocenters. The van der Waals surface area contributed by atoms with Crippen molar-refractivity contribution in [3.8, 4) is 0 Å². The molecule has 2 fully saturated rings. The van der Waals surface area contributed by atoms with E-state index in [1.807, 2.05) is 19.6 Å². The van der Waals surface area contributed by atoms with E-state index in [4.69, 9.17) is 23.8 Å². The predicted octanol–water partition coefficient (Wildman–Crippen LogP) is 2.12. The third-order valence-corrected chi connectivity index (χ3v) is 8.26. The van der Waals surface area contributed by atoms with Crippen LogP contribution in [0.5, 0.6) is 0 Å². The second kappa shape index (κ2) is 20.9. The summed E-state index contributed by atoms with van der Waals surface area (Å²) in [4.78, 5) is 91.1. The van der Waals surface area contributed by atoms with Crippen LogP contribution in [0.15, 0.2) is 0 Å². The highest BCUT2D eigenvalue weighted by molar-refractivity contribution is 5.81. The molecule has 0 aromatic rings. The van der Waals surface area contributed by atoms with Gasteiger partial charge in [-0.3, -0.25) is 43.6 Å². The molecule has 0 aliphatic carbocycles. The quantitative estimate of drug-likeness (QED) is 0.223. The van der Waals surface area contributed by atoms with Crippen molar-refractivity contribution in [3.63, 3.8) is 0 Å². The average molecular weight is 800 g/mol. The fourth-order valence-electron chi connectivity index (χ4n) is 5.99. The van der Waals surface area contributed by atoms with Crippen LogP contribution in [0.1, 0.15) is 109 Å². The predicted molar refractivity (Wildman–Crippen MR) is 205 cm³/mol. The lowest BCUT2D eigenvalue weighted by atomic mass is 10.1. The van der Waals surface area contributed by atoms with Crippen molar-refractivity contribution in [2.75, 3.05) is 72.0 Å². The molecule has 17 heteroatoms. The zero-order chi connectivity index (χ0) is 42.6. The van der Waals surface area contributed by atoms with Crippen molar-refractivity contribution in [2.45, 2.75) is 143 Å². The zero-order valence-electron chi connectivity index (χ0n) is 35.9. The van der Waals surface area contributed by atoms with Gasteiger partial charge in [0.1, 0.15) is 28.4 Å².